The van der Waals surface area contributed by atoms with E-state index in [1.807, 2.05) is 0 Å². The molecule has 0 N–H and O–H groups in total. The minimum absolute atomic E-state index is 0.282. The molecule has 0 aromatic heterocycles. The lowest BCUT2D eigenvalue weighted by molar-refractivity contribution is -0.137. The smallest absolute Gasteiger partial charge is 0.416 e. The summed E-state index contributed by atoms with van der Waals surface area (Å²) in [7, 11) is 1.40. The molecule has 0 amide bonds. The van der Waals surface area contributed by atoms with Crippen LogP contribution in [0.1, 0.15) is 37.8 Å². The molecule has 1 fully saturated rings. The fourth-order valence-electron chi connectivity index (χ4n) is 3.07. The third-order valence-electron chi connectivity index (χ3n) is 4.43. The summed E-state index contributed by atoms with van der Waals surface area (Å²) in [6.07, 6.45) is -1.57. The second-order valence-corrected chi connectivity index (χ2v) is 6.34. The summed E-state index contributed by atoms with van der Waals surface area (Å²) in [5.41, 5.74) is 0.0936. The number of ether oxygens (including phenoxy) is 1. The van der Waals surface area contributed by atoms with E-state index in [-0.39, 0.29) is 5.75 Å². The van der Waals surface area contributed by atoms with E-state index in [1.54, 1.807) is 6.07 Å². The van der Waals surface area contributed by atoms with Crippen LogP contribution < -0.4 is 4.74 Å². The maximum atomic E-state index is 12.9. The fraction of sp³-hybridized carbons (Fsp3) is 0.647. The predicted octanol–water partition coefficient (Wildman–Crippen LogP) is 4.38. The molecule has 1 aromatic rings. The summed E-state index contributed by atoms with van der Waals surface area (Å²) < 4.78 is 43.8. The van der Waals surface area contributed by atoms with E-state index in [0.717, 1.165) is 37.6 Å². The first kappa shape index (κ1) is 17.1. The number of likely N-dealkylation sites (tertiary alicyclic amines) is 1. The largest absolute Gasteiger partial charge is 0.497 e. The number of rotatable bonds is 4. The van der Waals surface area contributed by atoms with Gasteiger partial charge in [-0.15, -0.1) is 0 Å². The molecular weight excluding hydrogens is 291 g/mol. The summed E-state index contributed by atoms with van der Waals surface area (Å²) in [6, 6.07) is 4.58. The summed E-state index contributed by atoms with van der Waals surface area (Å²) >= 11 is 0. The number of hydrogen-bond acceptors (Lipinski definition) is 2. The fourth-order valence-corrected chi connectivity index (χ4v) is 3.07. The van der Waals surface area contributed by atoms with Crippen LogP contribution in [0.25, 0.3) is 0 Å². The minimum atomic E-state index is -4.33. The summed E-state index contributed by atoms with van der Waals surface area (Å²) in [6.45, 7) is 6.41. The zero-order valence-corrected chi connectivity index (χ0v) is 13.4. The molecular formula is C17H24F3NO. The topological polar surface area (TPSA) is 12.5 Å². The summed E-state index contributed by atoms with van der Waals surface area (Å²) in [4.78, 5) is 2.42. The molecule has 1 aromatic carbocycles. The highest BCUT2D eigenvalue weighted by Crippen LogP contribution is 2.34. The summed E-state index contributed by atoms with van der Waals surface area (Å²) in [5, 5.41) is 0. The molecule has 0 radical (unpaired) electrons. The first-order chi connectivity index (χ1) is 10.3. The van der Waals surface area contributed by atoms with Gasteiger partial charge >= 0.3 is 6.18 Å². The molecule has 22 heavy (non-hydrogen) atoms. The van der Waals surface area contributed by atoms with E-state index < -0.39 is 11.7 Å². The quantitative estimate of drug-likeness (QED) is 0.818. The Labute approximate surface area is 130 Å². The van der Waals surface area contributed by atoms with Crippen LogP contribution in [0.3, 0.4) is 0 Å². The highest BCUT2D eigenvalue weighted by Gasteiger charge is 2.31. The molecule has 0 saturated carbocycles. The van der Waals surface area contributed by atoms with Gasteiger partial charge in [-0.2, -0.15) is 13.2 Å². The van der Waals surface area contributed by atoms with E-state index in [9.17, 15) is 13.2 Å². The van der Waals surface area contributed by atoms with Crippen molar-refractivity contribution in [2.24, 2.45) is 5.92 Å². The monoisotopic (exact) mass is 315 g/mol. The molecule has 1 saturated heterocycles. The molecule has 1 aliphatic heterocycles. The molecule has 5 heteroatoms. The lowest BCUT2D eigenvalue weighted by atomic mass is 9.89. The second kappa shape index (κ2) is 6.90. The molecule has 124 valence electrons. The third-order valence-corrected chi connectivity index (χ3v) is 4.43. The number of piperidine rings is 1. The van der Waals surface area contributed by atoms with Gasteiger partial charge in [-0.1, -0.05) is 0 Å². The Hall–Kier alpha value is -1.23. The van der Waals surface area contributed by atoms with Crippen molar-refractivity contribution < 1.29 is 17.9 Å². The first-order valence-electron chi connectivity index (χ1n) is 7.79. The van der Waals surface area contributed by atoms with Gasteiger partial charge in [-0.25, -0.2) is 0 Å². The predicted molar refractivity (Wildman–Crippen MR) is 81.1 cm³/mol. The summed E-state index contributed by atoms with van der Waals surface area (Å²) in [5.74, 6) is 0.729. The van der Waals surface area contributed by atoms with Crippen LogP contribution in [0.4, 0.5) is 13.2 Å². The van der Waals surface area contributed by atoms with Crippen molar-refractivity contribution >= 4 is 0 Å². The van der Waals surface area contributed by atoms with Crippen molar-refractivity contribution in [3.63, 3.8) is 0 Å². The van der Waals surface area contributed by atoms with Gasteiger partial charge in [0.15, 0.2) is 0 Å². The van der Waals surface area contributed by atoms with Crippen LogP contribution in [0.5, 0.6) is 5.75 Å². The minimum Gasteiger partial charge on any atom is -0.497 e. The second-order valence-electron chi connectivity index (χ2n) is 6.34. The number of nitrogens with zero attached hydrogens (tertiary/aromatic N) is 1. The standard InChI is InChI=1S/C17H24F3NO/c1-12(2)21-6-4-13(5-7-21)8-14-9-15(17(18,19)20)11-16(10-14)22-3/h9-13H,4-8H2,1-3H3. The molecule has 1 heterocycles. The van der Waals surface area contributed by atoms with Crippen molar-refractivity contribution in [2.75, 3.05) is 20.2 Å². The van der Waals surface area contributed by atoms with E-state index in [4.69, 9.17) is 4.74 Å². The van der Waals surface area contributed by atoms with Crippen LogP contribution >= 0.6 is 0 Å². The van der Waals surface area contributed by atoms with Gasteiger partial charge in [0.25, 0.3) is 0 Å². The number of alkyl halides is 3. The Morgan fingerprint density at radius 1 is 1.18 bits per heavy atom. The zero-order chi connectivity index (χ0) is 16.3. The van der Waals surface area contributed by atoms with Crippen LogP contribution in [0, 0.1) is 5.92 Å². The van der Waals surface area contributed by atoms with Crippen molar-refractivity contribution in [3.8, 4) is 5.75 Å². The van der Waals surface area contributed by atoms with Crippen molar-refractivity contribution in [1.82, 2.24) is 4.90 Å². The molecule has 0 atom stereocenters. The first-order valence-corrected chi connectivity index (χ1v) is 7.79. The molecule has 0 spiro atoms. The zero-order valence-electron chi connectivity index (χ0n) is 13.4. The normalized spacial score (nSPS) is 18.0. The number of benzene rings is 1. The maximum Gasteiger partial charge on any atom is 0.416 e. The van der Waals surface area contributed by atoms with E-state index in [1.165, 1.54) is 13.2 Å². The van der Waals surface area contributed by atoms with Crippen LogP contribution in [-0.4, -0.2) is 31.1 Å². The van der Waals surface area contributed by atoms with Crippen molar-refractivity contribution in [2.45, 2.75) is 45.3 Å². The lowest BCUT2D eigenvalue weighted by Gasteiger charge is -2.34. The molecule has 2 nitrogen and oxygen atoms in total. The van der Waals surface area contributed by atoms with Crippen molar-refractivity contribution in [3.05, 3.63) is 29.3 Å². The van der Waals surface area contributed by atoms with Gasteiger partial charge in [-0.05, 0) is 75.9 Å². The van der Waals surface area contributed by atoms with Gasteiger partial charge in [-0.3, -0.25) is 0 Å². The Morgan fingerprint density at radius 3 is 2.32 bits per heavy atom. The molecule has 0 aliphatic carbocycles. The maximum absolute atomic E-state index is 12.9. The number of methoxy groups -OCH3 is 1. The van der Waals surface area contributed by atoms with E-state index in [2.05, 4.69) is 18.7 Å². The van der Waals surface area contributed by atoms with Gasteiger partial charge in [0.2, 0.25) is 0 Å². The van der Waals surface area contributed by atoms with E-state index in [0.29, 0.717) is 18.4 Å². The molecule has 0 bridgehead atoms. The third kappa shape index (κ3) is 4.38. The van der Waals surface area contributed by atoms with Crippen LogP contribution in [0.15, 0.2) is 18.2 Å². The Kier molecular flexibility index (Phi) is 5.37. The van der Waals surface area contributed by atoms with Gasteiger partial charge in [0.05, 0.1) is 12.7 Å². The SMILES string of the molecule is COc1cc(CC2CCN(C(C)C)CC2)cc(C(F)(F)F)c1. The van der Waals surface area contributed by atoms with Crippen LogP contribution in [-0.2, 0) is 12.6 Å². The molecule has 2 rings (SSSR count). The van der Waals surface area contributed by atoms with Crippen LogP contribution in [0.2, 0.25) is 0 Å². The lowest BCUT2D eigenvalue weighted by Crippen LogP contribution is -2.38. The Bertz CT molecular complexity index is 491. The Balaban J connectivity index is 2.07. The highest BCUT2D eigenvalue weighted by atomic mass is 19.4. The number of halogens is 3. The Morgan fingerprint density at radius 2 is 1.82 bits per heavy atom. The van der Waals surface area contributed by atoms with Crippen molar-refractivity contribution in [1.29, 1.82) is 0 Å². The average molecular weight is 315 g/mol. The number of hydrogen-bond donors (Lipinski definition) is 0. The average Bonchev–Trinajstić information content (AvgIpc) is 2.46. The van der Waals surface area contributed by atoms with Gasteiger partial charge in [0, 0.05) is 6.04 Å². The van der Waals surface area contributed by atoms with Gasteiger partial charge < -0.3 is 9.64 Å². The van der Waals surface area contributed by atoms with Gasteiger partial charge in [0.1, 0.15) is 5.75 Å². The molecule has 0 unspecified atom stereocenters. The van der Waals surface area contributed by atoms with E-state index >= 15 is 0 Å². The molecule has 1 aliphatic rings. The highest BCUT2D eigenvalue weighted by molar-refractivity contribution is 5.36.